The van der Waals surface area contributed by atoms with E-state index in [9.17, 15) is 14.3 Å². The molecule has 1 fully saturated rings. The molecule has 23 heavy (non-hydrogen) atoms. The van der Waals surface area contributed by atoms with E-state index in [2.05, 4.69) is 4.98 Å². The van der Waals surface area contributed by atoms with Crippen molar-refractivity contribution in [2.45, 2.75) is 31.9 Å². The average molecular weight is 314 g/mol. The lowest BCUT2D eigenvalue weighted by Crippen LogP contribution is -2.41. The first kappa shape index (κ1) is 15.6. The number of aliphatic hydroxyl groups is 1. The number of hydrogen-bond acceptors (Lipinski definition) is 3. The number of hydrogen-bond donors (Lipinski definition) is 1. The van der Waals surface area contributed by atoms with Gasteiger partial charge in [-0.05, 0) is 55.2 Å². The van der Waals surface area contributed by atoms with Crippen LogP contribution >= 0.6 is 0 Å². The van der Waals surface area contributed by atoms with Crippen molar-refractivity contribution in [2.24, 2.45) is 0 Å². The van der Waals surface area contributed by atoms with Gasteiger partial charge in [0, 0.05) is 24.5 Å². The number of benzene rings is 1. The number of amides is 1. The van der Waals surface area contributed by atoms with E-state index >= 15 is 0 Å². The lowest BCUT2D eigenvalue weighted by atomic mass is 10.0. The van der Waals surface area contributed by atoms with Crippen molar-refractivity contribution in [1.29, 1.82) is 0 Å². The van der Waals surface area contributed by atoms with Crippen molar-refractivity contribution in [1.82, 2.24) is 9.88 Å². The average Bonchev–Trinajstić information content (AvgIpc) is 2.91. The highest BCUT2D eigenvalue weighted by Gasteiger charge is 2.36. The Bertz CT molecular complexity index is 705. The van der Waals surface area contributed by atoms with Crippen molar-refractivity contribution < 1.29 is 14.3 Å². The normalized spacial score (nSPS) is 20.7. The van der Waals surface area contributed by atoms with Crippen molar-refractivity contribution in [3.8, 4) is 0 Å². The summed E-state index contributed by atoms with van der Waals surface area (Å²) < 4.78 is 13.7. The molecule has 1 aromatic heterocycles. The summed E-state index contributed by atoms with van der Waals surface area (Å²) in [5.41, 5.74) is 1.84. The van der Waals surface area contributed by atoms with E-state index in [0.717, 1.165) is 5.56 Å². The molecular formula is C18H19FN2O2. The van der Waals surface area contributed by atoms with Crippen LogP contribution in [-0.2, 0) is 6.42 Å². The Balaban J connectivity index is 1.82. The number of likely N-dealkylation sites (tertiary alicyclic amines) is 1. The molecule has 0 spiro atoms. The van der Waals surface area contributed by atoms with Gasteiger partial charge in [0.25, 0.3) is 5.91 Å². The van der Waals surface area contributed by atoms with Gasteiger partial charge in [-0.3, -0.25) is 9.78 Å². The Kier molecular flexibility index (Phi) is 4.39. The SMILES string of the molecule is Cc1ccc(C(=O)N2CC[C@@H](O)[C@H]2Cc2ccncc2)cc1F. The second-order valence-corrected chi connectivity index (χ2v) is 5.95. The molecule has 0 saturated carbocycles. The summed E-state index contributed by atoms with van der Waals surface area (Å²) in [6.45, 7) is 2.14. The minimum Gasteiger partial charge on any atom is -0.391 e. The van der Waals surface area contributed by atoms with Crippen LogP contribution in [-0.4, -0.2) is 39.6 Å². The second kappa shape index (κ2) is 6.46. The van der Waals surface area contributed by atoms with E-state index in [0.29, 0.717) is 30.5 Å². The van der Waals surface area contributed by atoms with Crippen molar-refractivity contribution in [3.63, 3.8) is 0 Å². The Labute approximate surface area is 134 Å². The fourth-order valence-corrected chi connectivity index (χ4v) is 2.99. The molecule has 2 aromatic rings. The molecule has 3 rings (SSSR count). The first-order valence-electron chi connectivity index (χ1n) is 7.70. The van der Waals surface area contributed by atoms with Crippen LogP contribution in [0, 0.1) is 12.7 Å². The summed E-state index contributed by atoms with van der Waals surface area (Å²) >= 11 is 0. The van der Waals surface area contributed by atoms with Crippen molar-refractivity contribution in [2.75, 3.05) is 6.54 Å². The molecule has 120 valence electrons. The Morgan fingerprint density at radius 1 is 1.35 bits per heavy atom. The smallest absolute Gasteiger partial charge is 0.254 e. The Morgan fingerprint density at radius 3 is 2.78 bits per heavy atom. The van der Waals surface area contributed by atoms with E-state index in [-0.39, 0.29) is 17.8 Å². The predicted molar refractivity (Wildman–Crippen MR) is 84.5 cm³/mol. The molecule has 0 aliphatic carbocycles. The standard InChI is InChI=1S/C18H19FN2O2/c1-12-2-3-14(11-15(12)19)18(23)21-9-6-17(22)16(21)10-13-4-7-20-8-5-13/h2-5,7-8,11,16-17,22H,6,9-10H2,1H3/t16-,17-/m1/s1. The third-order valence-corrected chi connectivity index (χ3v) is 4.38. The minimum absolute atomic E-state index is 0.237. The van der Waals surface area contributed by atoms with Gasteiger partial charge in [-0.1, -0.05) is 6.07 Å². The van der Waals surface area contributed by atoms with Gasteiger partial charge in [0.05, 0.1) is 12.1 Å². The molecular weight excluding hydrogens is 295 g/mol. The number of aliphatic hydroxyl groups excluding tert-OH is 1. The molecule has 1 saturated heterocycles. The lowest BCUT2D eigenvalue weighted by Gasteiger charge is -2.26. The van der Waals surface area contributed by atoms with Gasteiger partial charge in [0.1, 0.15) is 5.82 Å². The largest absolute Gasteiger partial charge is 0.391 e. The van der Waals surface area contributed by atoms with Crippen molar-refractivity contribution in [3.05, 3.63) is 65.2 Å². The fourth-order valence-electron chi connectivity index (χ4n) is 2.99. The highest BCUT2D eigenvalue weighted by atomic mass is 19.1. The van der Waals surface area contributed by atoms with Crippen LogP contribution in [0.3, 0.4) is 0 Å². The number of aromatic nitrogens is 1. The maximum Gasteiger partial charge on any atom is 0.254 e. The van der Waals surface area contributed by atoms with Gasteiger partial charge in [0.15, 0.2) is 0 Å². The first-order valence-corrected chi connectivity index (χ1v) is 7.70. The van der Waals surface area contributed by atoms with Crippen LogP contribution < -0.4 is 0 Å². The van der Waals surface area contributed by atoms with Gasteiger partial charge < -0.3 is 10.0 Å². The van der Waals surface area contributed by atoms with E-state index in [1.54, 1.807) is 36.4 Å². The third kappa shape index (κ3) is 3.24. The molecule has 2 heterocycles. The zero-order valence-corrected chi connectivity index (χ0v) is 12.9. The number of halogens is 1. The number of nitrogens with zero attached hydrogens (tertiary/aromatic N) is 2. The zero-order chi connectivity index (χ0) is 16.4. The number of carbonyl (C=O) groups is 1. The summed E-state index contributed by atoms with van der Waals surface area (Å²) in [6, 6.07) is 7.96. The predicted octanol–water partition coefficient (Wildman–Crippen LogP) is 2.35. The second-order valence-electron chi connectivity index (χ2n) is 5.95. The molecule has 1 aliphatic rings. The van der Waals surface area contributed by atoms with E-state index < -0.39 is 6.10 Å². The molecule has 2 atom stereocenters. The van der Waals surface area contributed by atoms with Gasteiger partial charge in [-0.15, -0.1) is 0 Å². The highest BCUT2D eigenvalue weighted by Crippen LogP contribution is 2.24. The number of pyridine rings is 1. The topological polar surface area (TPSA) is 53.4 Å². The van der Waals surface area contributed by atoms with Gasteiger partial charge >= 0.3 is 0 Å². The van der Waals surface area contributed by atoms with E-state index in [1.165, 1.54) is 6.07 Å². The highest BCUT2D eigenvalue weighted by molar-refractivity contribution is 5.94. The maximum absolute atomic E-state index is 13.7. The van der Waals surface area contributed by atoms with Gasteiger partial charge in [-0.2, -0.15) is 0 Å². The van der Waals surface area contributed by atoms with Gasteiger partial charge in [-0.25, -0.2) is 4.39 Å². The van der Waals surface area contributed by atoms with E-state index in [4.69, 9.17) is 0 Å². The molecule has 1 aromatic carbocycles. The summed E-state index contributed by atoms with van der Waals surface area (Å²) in [5, 5.41) is 10.2. The zero-order valence-electron chi connectivity index (χ0n) is 12.9. The molecule has 1 amide bonds. The molecule has 0 bridgehead atoms. The summed E-state index contributed by atoms with van der Waals surface area (Å²) in [7, 11) is 0. The minimum atomic E-state index is -0.567. The summed E-state index contributed by atoms with van der Waals surface area (Å²) in [6.07, 6.45) is 3.91. The van der Waals surface area contributed by atoms with E-state index in [1.807, 2.05) is 12.1 Å². The van der Waals surface area contributed by atoms with Crippen LogP contribution in [0.4, 0.5) is 4.39 Å². The number of aryl methyl sites for hydroxylation is 1. The Morgan fingerprint density at radius 2 is 2.09 bits per heavy atom. The van der Waals surface area contributed by atoms with Crippen LogP contribution in [0.25, 0.3) is 0 Å². The van der Waals surface area contributed by atoms with Crippen molar-refractivity contribution >= 4 is 5.91 Å². The summed E-state index contributed by atoms with van der Waals surface area (Å²) in [5.74, 6) is -0.624. The lowest BCUT2D eigenvalue weighted by molar-refractivity contribution is 0.0639. The third-order valence-electron chi connectivity index (χ3n) is 4.38. The fraction of sp³-hybridized carbons (Fsp3) is 0.333. The molecule has 1 aliphatic heterocycles. The molecule has 0 radical (unpaired) electrons. The Hall–Kier alpha value is -2.27. The monoisotopic (exact) mass is 314 g/mol. The quantitative estimate of drug-likeness (QED) is 0.946. The summed E-state index contributed by atoms with van der Waals surface area (Å²) in [4.78, 5) is 18.3. The number of carbonyl (C=O) groups excluding carboxylic acids is 1. The molecule has 1 N–H and O–H groups in total. The molecule has 5 heteroatoms. The molecule has 4 nitrogen and oxygen atoms in total. The molecule has 0 unspecified atom stereocenters. The van der Waals surface area contributed by atoms with Crippen LogP contribution in [0.15, 0.2) is 42.7 Å². The first-order chi connectivity index (χ1) is 11.1. The number of rotatable bonds is 3. The van der Waals surface area contributed by atoms with Gasteiger partial charge in [0.2, 0.25) is 0 Å². The van der Waals surface area contributed by atoms with Crippen LogP contribution in [0.5, 0.6) is 0 Å². The van der Waals surface area contributed by atoms with Crippen LogP contribution in [0.2, 0.25) is 0 Å². The van der Waals surface area contributed by atoms with Crippen LogP contribution in [0.1, 0.15) is 27.9 Å². The maximum atomic E-state index is 13.7.